The second kappa shape index (κ2) is 6.08. The lowest BCUT2D eigenvalue weighted by Gasteiger charge is -2.15. The number of rotatable bonds is 4. The number of carbonyl (C=O) groups is 2. The van der Waals surface area contributed by atoms with Gasteiger partial charge in [-0.1, -0.05) is 0 Å². The molecule has 0 aliphatic rings. The number of aromatic nitrogens is 1. The van der Waals surface area contributed by atoms with Crippen molar-refractivity contribution >= 4 is 11.9 Å². The van der Waals surface area contributed by atoms with E-state index < -0.39 is 24.1 Å². The van der Waals surface area contributed by atoms with Crippen molar-refractivity contribution in [1.82, 2.24) is 4.98 Å². The molecule has 2 N–H and O–H groups in total. The van der Waals surface area contributed by atoms with Gasteiger partial charge in [0.25, 0.3) is 0 Å². The van der Waals surface area contributed by atoms with Gasteiger partial charge in [-0.2, -0.15) is 0 Å². The number of aliphatic hydroxyl groups is 2. The molecule has 2 unspecified atom stereocenters. The molecule has 18 heavy (non-hydrogen) atoms. The molecular weight excluding hydrogens is 242 g/mol. The van der Waals surface area contributed by atoms with Crippen molar-refractivity contribution < 1.29 is 29.3 Å². The number of aliphatic hydroxyl groups excluding tert-OH is 2. The summed E-state index contributed by atoms with van der Waals surface area (Å²) >= 11 is 0. The summed E-state index contributed by atoms with van der Waals surface area (Å²) in [6.07, 6.45) is -2.09. The van der Waals surface area contributed by atoms with E-state index in [4.69, 9.17) is 0 Å². The standard InChI is InChI=1S/C11H13NO6/c1-17-10(15)6-3-4-12-7(5-6)8(13)9(14)11(16)18-2/h3-5,8-9,13-14H,1-2H3. The first kappa shape index (κ1) is 14.1. The van der Waals surface area contributed by atoms with Crippen LogP contribution in [0.4, 0.5) is 0 Å². The normalized spacial score (nSPS) is 13.6. The lowest BCUT2D eigenvalue weighted by Crippen LogP contribution is -2.29. The highest BCUT2D eigenvalue weighted by atomic mass is 16.5. The number of methoxy groups -OCH3 is 2. The number of hydrogen-bond acceptors (Lipinski definition) is 7. The highest BCUT2D eigenvalue weighted by Crippen LogP contribution is 2.17. The SMILES string of the molecule is COC(=O)c1ccnc(C(O)C(O)C(=O)OC)c1. The van der Waals surface area contributed by atoms with E-state index in [2.05, 4.69) is 14.5 Å². The van der Waals surface area contributed by atoms with Gasteiger partial charge in [-0.3, -0.25) is 4.98 Å². The number of hydrogen-bond donors (Lipinski definition) is 2. The van der Waals surface area contributed by atoms with Crippen LogP contribution in [-0.2, 0) is 14.3 Å². The Morgan fingerprint density at radius 2 is 1.94 bits per heavy atom. The molecule has 0 aliphatic carbocycles. The maximum Gasteiger partial charge on any atom is 0.337 e. The van der Waals surface area contributed by atoms with Crippen LogP contribution < -0.4 is 0 Å². The van der Waals surface area contributed by atoms with Gasteiger partial charge < -0.3 is 19.7 Å². The fourth-order valence-corrected chi connectivity index (χ4v) is 1.27. The van der Waals surface area contributed by atoms with Crippen LogP contribution in [0.5, 0.6) is 0 Å². The second-order valence-electron chi connectivity index (χ2n) is 3.37. The van der Waals surface area contributed by atoms with Gasteiger partial charge in [0.15, 0.2) is 6.10 Å². The van der Waals surface area contributed by atoms with E-state index in [-0.39, 0.29) is 11.3 Å². The zero-order valence-corrected chi connectivity index (χ0v) is 9.86. The molecule has 98 valence electrons. The predicted octanol–water partition coefficient (Wildman–Crippen LogP) is -0.565. The zero-order chi connectivity index (χ0) is 13.7. The van der Waals surface area contributed by atoms with Gasteiger partial charge in [-0.05, 0) is 12.1 Å². The summed E-state index contributed by atoms with van der Waals surface area (Å²) in [4.78, 5) is 26.1. The van der Waals surface area contributed by atoms with Gasteiger partial charge in [0, 0.05) is 6.20 Å². The zero-order valence-electron chi connectivity index (χ0n) is 9.86. The van der Waals surface area contributed by atoms with Crippen LogP contribution in [0.15, 0.2) is 18.3 Å². The topological polar surface area (TPSA) is 106 Å². The first-order valence-electron chi connectivity index (χ1n) is 4.99. The third kappa shape index (κ3) is 3.02. The summed E-state index contributed by atoms with van der Waals surface area (Å²) in [5.41, 5.74) is 0.120. The minimum absolute atomic E-state index is 0.0317. The summed E-state index contributed by atoms with van der Waals surface area (Å²) in [6, 6.07) is 2.61. The molecule has 0 aromatic carbocycles. The first-order valence-corrected chi connectivity index (χ1v) is 4.99. The van der Waals surface area contributed by atoms with Crippen molar-refractivity contribution in [2.45, 2.75) is 12.2 Å². The van der Waals surface area contributed by atoms with E-state index in [9.17, 15) is 19.8 Å². The molecule has 2 atom stereocenters. The van der Waals surface area contributed by atoms with Gasteiger partial charge in [0.05, 0.1) is 25.5 Å². The van der Waals surface area contributed by atoms with Crippen molar-refractivity contribution in [1.29, 1.82) is 0 Å². The number of esters is 2. The average molecular weight is 255 g/mol. The van der Waals surface area contributed by atoms with Crippen LogP contribution in [0.3, 0.4) is 0 Å². The number of ether oxygens (including phenoxy) is 2. The molecular formula is C11H13NO6. The highest BCUT2D eigenvalue weighted by Gasteiger charge is 2.28. The Labute approximate surface area is 103 Å². The van der Waals surface area contributed by atoms with Crippen molar-refractivity contribution in [2.75, 3.05) is 14.2 Å². The lowest BCUT2D eigenvalue weighted by atomic mass is 10.1. The molecule has 0 amide bonds. The van der Waals surface area contributed by atoms with E-state index in [1.807, 2.05) is 0 Å². The Morgan fingerprint density at radius 1 is 1.28 bits per heavy atom. The van der Waals surface area contributed by atoms with Crippen LogP contribution >= 0.6 is 0 Å². The molecule has 7 nitrogen and oxygen atoms in total. The fraction of sp³-hybridized carbons (Fsp3) is 0.364. The summed E-state index contributed by atoms with van der Waals surface area (Å²) < 4.78 is 8.78. The highest BCUT2D eigenvalue weighted by molar-refractivity contribution is 5.89. The van der Waals surface area contributed by atoms with Crippen molar-refractivity contribution in [3.63, 3.8) is 0 Å². The summed E-state index contributed by atoms with van der Waals surface area (Å²) in [7, 11) is 2.29. The minimum atomic E-state index is -1.77. The molecule has 1 aromatic rings. The third-order valence-electron chi connectivity index (χ3n) is 2.25. The average Bonchev–Trinajstić information content (AvgIpc) is 2.43. The Morgan fingerprint density at radius 3 is 2.50 bits per heavy atom. The molecule has 1 heterocycles. The Bertz CT molecular complexity index is 447. The number of pyridine rings is 1. The smallest absolute Gasteiger partial charge is 0.337 e. The van der Waals surface area contributed by atoms with Gasteiger partial charge >= 0.3 is 11.9 Å². The largest absolute Gasteiger partial charge is 0.467 e. The predicted molar refractivity (Wildman–Crippen MR) is 58.6 cm³/mol. The molecule has 0 radical (unpaired) electrons. The second-order valence-corrected chi connectivity index (χ2v) is 3.37. The third-order valence-corrected chi connectivity index (χ3v) is 2.25. The summed E-state index contributed by atoms with van der Waals surface area (Å²) in [6.45, 7) is 0. The molecule has 0 fully saturated rings. The maximum atomic E-state index is 11.3. The fourth-order valence-electron chi connectivity index (χ4n) is 1.27. The Kier molecular flexibility index (Phi) is 4.75. The van der Waals surface area contributed by atoms with Crippen LogP contribution in [0.1, 0.15) is 22.2 Å². The molecule has 0 aliphatic heterocycles. The van der Waals surface area contributed by atoms with E-state index in [1.165, 1.54) is 25.4 Å². The van der Waals surface area contributed by atoms with Crippen LogP contribution in [0.25, 0.3) is 0 Å². The minimum Gasteiger partial charge on any atom is -0.467 e. The van der Waals surface area contributed by atoms with E-state index in [0.717, 1.165) is 7.11 Å². The molecule has 1 aromatic heterocycles. The molecule has 7 heteroatoms. The maximum absolute atomic E-state index is 11.3. The lowest BCUT2D eigenvalue weighted by molar-refractivity contribution is -0.157. The first-order chi connectivity index (χ1) is 8.51. The van der Waals surface area contributed by atoms with Gasteiger partial charge in [0.1, 0.15) is 6.10 Å². The quantitative estimate of drug-likeness (QED) is 0.694. The molecule has 0 saturated carbocycles. The number of nitrogens with zero attached hydrogens (tertiary/aromatic N) is 1. The van der Waals surface area contributed by atoms with Crippen LogP contribution in [0.2, 0.25) is 0 Å². The Balaban J connectivity index is 2.96. The summed E-state index contributed by atoms with van der Waals surface area (Å²) in [5, 5.41) is 19.1. The molecule has 0 saturated heterocycles. The van der Waals surface area contributed by atoms with Gasteiger partial charge in [0.2, 0.25) is 0 Å². The van der Waals surface area contributed by atoms with Crippen molar-refractivity contribution in [3.8, 4) is 0 Å². The van der Waals surface area contributed by atoms with Crippen LogP contribution in [-0.4, -0.2) is 47.5 Å². The monoisotopic (exact) mass is 255 g/mol. The van der Waals surface area contributed by atoms with Crippen molar-refractivity contribution in [3.05, 3.63) is 29.6 Å². The van der Waals surface area contributed by atoms with Crippen molar-refractivity contribution in [2.24, 2.45) is 0 Å². The molecule has 0 bridgehead atoms. The summed E-state index contributed by atoms with van der Waals surface area (Å²) in [5.74, 6) is -1.61. The molecule has 1 rings (SSSR count). The molecule has 0 spiro atoms. The number of carbonyl (C=O) groups excluding carboxylic acids is 2. The van der Waals surface area contributed by atoms with E-state index in [1.54, 1.807) is 0 Å². The van der Waals surface area contributed by atoms with Gasteiger partial charge in [-0.15, -0.1) is 0 Å². The van der Waals surface area contributed by atoms with Crippen LogP contribution in [0, 0.1) is 0 Å². The van der Waals surface area contributed by atoms with Gasteiger partial charge in [-0.25, -0.2) is 9.59 Å². The van der Waals surface area contributed by atoms with E-state index in [0.29, 0.717) is 0 Å². The Hall–Kier alpha value is -1.99. The van der Waals surface area contributed by atoms with E-state index >= 15 is 0 Å².